The van der Waals surface area contributed by atoms with Crippen LogP contribution in [0.25, 0.3) is 0 Å². The highest BCUT2D eigenvalue weighted by atomic mass is 32.2. The summed E-state index contributed by atoms with van der Waals surface area (Å²) in [6, 6.07) is 0. The summed E-state index contributed by atoms with van der Waals surface area (Å²) in [4.78, 5) is 0. The first-order valence-corrected chi connectivity index (χ1v) is 6.96. The van der Waals surface area contributed by atoms with E-state index >= 15 is 0 Å². The highest BCUT2D eigenvalue weighted by Gasteiger charge is 2.35. The minimum atomic E-state index is -3.24. The maximum Gasteiger partial charge on any atom is 0.279 e. The van der Waals surface area contributed by atoms with Crippen LogP contribution in [-0.2, 0) is 10.2 Å². The summed E-state index contributed by atoms with van der Waals surface area (Å²) in [5.74, 6) is 0.537. The van der Waals surface area contributed by atoms with Crippen molar-refractivity contribution >= 4 is 10.2 Å². The molecule has 1 aliphatic heterocycles. The zero-order valence-corrected chi connectivity index (χ0v) is 10.9. The molecule has 0 amide bonds. The zero-order valence-electron chi connectivity index (χ0n) is 10.1. The fourth-order valence-electron chi connectivity index (χ4n) is 1.62. The molecule has 1 aliphatic rings. The molecule has 1 saturated heterocycles. The second-order valence-corrected chi connectivity index (χ2v) is 6.99. The van der Waals surface area contributed by atoms with Crippen molar-refractivity contribution in [3.8, 4) is 0 Å². The van der Waals surface area contributed by atoms with Crippen molar-refractivity contribution in [2.75, 3.05) is 13.1 Å². The summed E-state index contributed by atoms with van der Waals surface area (Å²) < 4.78 is 27.9. The number of hydrogen-bond acceptors (Lipinski definition) is 2. The van der Waals surface area contributed by atoms with Crippen molar-refractivity contribution in [1.29, 1.82) is 0 Å². The largest absolute Gasteiger partial charge is 0.279 e. The van der Waals surface area contributed by atoms with E-state index in [1.165, 1.54) is 0 Å². The summed E-state index contributed by atoms with van der Waals surface area (Å²) in [6.07, 6.45) is 1.78. The third kappa shape index (κ3) is 3.74. The summed E-state index contributed by atoms with van der Waals surface area (Å²) >= 11 is 0. The first-order valence-electron chi connectivity index (χ1n) is 5.52. The van der Waals surface area contributed by atoms with Gasteiger partial charge >= 0.3 is 0 Å². The van der Waals surface area contributed by atoms with E-state index in [0.29, 0.717) is 19.0 Å². The van der Waals surface area contributed by atoms with Crippen LogP contribution in [-0.4, -0.2) is 31.4 Å². The molecule has 1 rings (SSSR count). The predicted octanol–water partition coefficient (Wildman–Crippen LogP) is 1.35. The van der Waals surface area contributed by atoms with E-state index in [1.54, 1.807) is 4.31 Å². The van der Waals surface area contributed by atoms with E-state index < -0.39 is 10.2 Å². The smallest absolute Gasteiger partial charge is 0.196 e. The van der Waals surface area contributed by atoms with Crippen LogP contribution in [0.2, 0.25) is 0 Å². The van der Waals surface area contributed by atoms with Crippen LogP contribution in [0.15, 0.2) is 0 Å². The van der Waals surface area contributed by atoms with Crippen LogP contribution in [0.4, 0.5) is 0 Å². The molecule has 15 heavy (non-hydrogen) atoms. The molecule has 0 aliphatic carbocycles. The summed E-state index contributed by atoms with van der Waals surface area (Å²) in [5.41, 5.74) is -0.298. The average molecular weight is 234 g/mol. The van der Waals surface area contributed by atoms with E-state index in [2.05, 4.69) is 18.6 Å². The molecule has 5 heteroatoms. The standard InChI is InChI=1S/C10H22N2O2S/c1-9(2)5-7-12-8-6-10(3,4)11-15(12,13)14/h9,11H,5-8H2,1-4H3. The Balaban J connectivity index is 2.61. The lowest BCUT2D eigenvalue weighted by Crippen LogP contribution is -2.57. The van der Waals surface area contributed by atoms with Gasteiger partial charge in [-0.2, -0.15) is 17.4 Å². The van der Waals surface area contributed by atoms with E-state index in [-0.39, 0.29) is 5.54 Å². The first kappa shape index (κ1) is 12.9. The summed E-state index contributed by atoms with van der Waals surface area (Å²) in [5, 5.41) is 0. The van der Waals surface area contributed by atoms with E-state index in [1.807, 2.05) is 13.8 Å². The second kappa shape index (κ2) is 4.39. The molecule has 0 unspecified atom stereocenters. The Bertz CT molecular complexity index is 307. The average Bonchev–Trinajstić information content (AvgIpc) is 1.98. The number of nitrogens with zero attached hydrogens (tertiary/aromatic N) is 1. The second-order valence-electron chi connectivity index (χ2n) is 5.32. The molecule has 0 bridgehead atoms. The molecule has 0 aromatic heterocycles. The van der Waals surface area contributed by atoms with Crippen molar-refractivity contribution in [2.24, 2.45) is 5.92 Å². The molecule has 90 valence electrons. The molecule has 1 heterocycles. The van der Waals surface area contributed by atoms with Gasteiger partial charge < -0.3 is 0 Å². The van der Waals surface area contributed by atoms with Gasteiger partial charge in [-0.3, -0.25) is 0 Å². The van der Waals surface area contributed by atoms with E-state index in [0.717, 1.165) is 12.8 Å². The van der Waals surface area contributed by atoms with E-state index in [9.17, 15) is 8.42 Å². The molecule has 0 saturated carbocycles. The Morgan fingerprint density at radius 1 is 1.40 bits per heavy atom. The van der Waals surface area contributed by atoms with Gasteiger partial charge in [0.2, 0.25) is 0 Å². The fraction of sp³-hybridized carbons (Fsp3) is 1.00. The highest BCUT2D eigenvalue weighted by Crippen LogP contribution is 2.20. The number of rotatable bonds is 3. The Labute approximate surface area is 93.2 Å². The van der Waals surface area contributed by atoms with Gasteiger partial charge in [-0.05, 0) is 32.6 Å². The SMILES string of the molecule is CC(C)CCN1CCC(C)(C)NS1(=O)=O. The predicted molar refractivity (Wildman–Crippen MR) is 61.8 cm³/mol. The van der Waals surface area contributed by atoms with Crippen molar-refractivity contribution in [1.82, 2.24) is 9.03 Å². The quantitative estimate of drug-likeness (QED) is 0.801. The van der Waals surface area contributed by atoms with E-state index in [4.69, 9.17) is 0 Å². The van der Waals surface area contributed by atoms with Crippen molar-refractivity contribution in [3.05, 3.63) is 0 Å². The maximum atomic E-state index is 11.8. The molecular formula is C10H22N2O2S. The first-order chi connectivity index (χ1) is 6.73. The molecule has 0 aromatic rings. The lowest BCUT2D eigenvalue weighted by molar-refractivity contribution is 0.282. The van der Waals surface area contributed by atoms with Crippen LogP contribution in [0.1, 0.15) is 40.5 Å². The Morgan fingerprint density at radius 3 is 2.47 bits per heavy atom. The monoisotopic (exact) mass is 234 g/mol. The molecule has 0 aromatic carbocycles. The highest BCUT2D eigenvalue weighted by molar-refractivity contribution is 7.87. The molecule has 0 spiro atoms. The summed E-state index contributed by atoms with van der Waals surface area (Å²) in [7, 11) is -3.24. The lowest BCUT2D eigenvalue weighted by Gasteiger charge is -2.37. The Morgan fingerprint density at radius 2 is 2.00 bits per heavy atom. The Hall–Kier alpha value is -0.130. The number of hydrogen-bond donors (Lipinski definition) is 1. The third-order valence-corrected chi connectivity index (χ3v) is 4.54. The van der Waals surface area contributed by atoms with Crippen LogP contribution in [0, 0.1) is 5.92 Å². The fourth-order valence-corrected chi connectivity index (χ4v) is 3.23. The summed E-state index contributed by atoms with van der Waals surface area (Å²) in [6.45, 7) is 9.31. The Kier molecular flexibility index (Phi) is 3.79. The minimum Gasteiger partial charge on any atom is -0.196 e. The van der Waals surface area contributed by atoms with Gasteiger partial charge in [0, 0.05) is 18.6 Å². The van der Waals surface area contributed by atoms with Gasteiger partial charge in [-0.25, -0.2) is 0 Å². The van der Waals surface area contributed by atoms with Crippen LogP contribution >= 0.6 is 0 Å². The molecular weight excluding hydrogens is 212 g/mol. The third-order valence-electron chi connectivity index (χ3n) is 2.69. The zero-order chi connectivity index (χ0) is 11.7. The van der Waals surface area contributed by atoms with Crippen LogP contribution in [0.5, 0.6) is 0 Å². The normalized spacial score (nSPS) is 25.7. The number of nitrogens with one attached hydrogen (secondary N) is 1. The molecule has 1 fully saturated rings. The van der Waals surface area contributed by atoms with Gasteiger partial charge in [0.25, 0.3) is 10.2 Å². The van der Waals surface area contributed by atoms with Gasteiger partial charge in [0.1, 0.15) is 0 Å². The minimum absolute atomic E-state index is 0.298. The van der Waals surface area contributed by atoms with Crippen LogP contribution in [0.3, 0.4) is 0 Å². The molecule has 1 N–H and O–H groups in total. The van der Waals surface area contributed by atoms with Gasteiger partial charge in [-0.15, -0.1) is 0 Å². The van der Waals surface area contributed by atoms with Crippen LogP contribution < -0.4 is 4.72 Å². The molecule has 0 atom stereocenters. The van der Waals surface area contributed by atoms with Gasteiger partial charge in [0.15, 0.2) is 0 Å². The van der Waals surface area contributed by atoms with Crippen molar-refractivity contribution in [2.45, 2.75) is 46.1 Å². The van der Waals surface area contributed by atoms with Crippen molar-refractivity contribution < 1.29 is 8.42 Å². The van der Waals surface area contributed by atoms with Crippen molar-refractivity contribution in [3.63, 3.8) is 0 Å². The maximum absolute atomic E-state index is 11.8. The molecule has 4 nitrogen and oxygen atoms in total. The molecule has 0 radical (unpaired) electrons. The van der Waals surface area contributed by atoms with Gasteiger partial charge in [0.05, 0.1) is 0 Å². The topological polar surface area (TPSA) is 49.4 Å². The lowest BCUT2D eigenvalue weighted by atomic mass is 10.0. The van der Waals surface area contributed by atoms with Gasteiger partial charge in [-0.1, -0.05) is 13.8 Å².